The van der Waals surface area contributed by atoms with Crippen molar-refractivity contribution in [3.63, 3.8) is 0 Å². The Morgan fingerprint density at radius 3 is 1.61 bits per heavy atom. The second kappa shape index (κ2) is 40.1. The molecule has 0 saturated heterocycles. The van der Waals surface area contributed by atoms with Crippen molar-refractivity contribution in [2.75, 3.05) is 26.4 Å². The third-order valence-corrected chi connectivity index (χ3v) is 9.34. The molecule has 2 unspecified atom stereocenters. The summed E-state index contributed by atoms with van der Waals surface area (Å²) in [6.45, 7) is 3.33. The van der Waals surface area contributed by atoms with Crippen LogP contribution in [-0.4, -0.2) is 54.3 Å². The number of hydrogen-bond donors (Lipinski definition) is 3. The van der Waals surface area contributed by atoms with Crippen LogP contribution >= 0.6 is 7.82 Å². The van der Waals surface area contributed by atoms with Gasteiger partial charge in [-0.15, -0.1) is 0 Å². The molecule has 10 heteroatoms. The highest BCUT2D eigenvalue weighted by atomic mass is 31.2. The van der Waals surface area contributed by atoms with Gasteiger partial charge in [0.05, 0.1) is 13.2 Å². The van der Waals surface area contributed by atoms with E-state index in [-0.39, 0.29) is 32.1 Å². The average Bonchev–Trinajstić information content (AvgIpc) is 3.16. The zero-order chi connectivity index (χ0) is 39.6. The predicted molar refractivity (Wildman–Crippen MR) is 224 cm³/mol. The van der Waals surface area contributed by atoms with Crippen molar-refractivity contribution in [3.05, 3.63) is 72.9 Å². The second-order valence-electron chi connectivity index (χ2n) is 13.6. The number of aliphatic hydroxyl groups is 1. The molecule has 54 heavy (non-hydrogen) atoms. The summed E-state index contributed by atoms with van der Waals surface area (Å²) in [5.41, 5.74) is 0. The summed E-state index contributed by atoms with van der Waals surface area (Å²) >= 11 is 0. The normalized spacial score (nSPS) is 14.1. The summed E-state index contributed by atoms with van der Waals surface area (Å²) in [5.74, 6) is -0.545. The van der Waals surface area contributed by atoms with Crippen LogP contribution in [0, 0.1) is 0 Å². The maximum Gasteiger partial charge on any atom is 0.472 e. The van der Waals surface area contributed by atoms with Crippen LogP contribution < -0.4 is 5.32 Å². The first-order valence-electron chi connectivity index (χ1n) is 20.9. The summed E-state index contributed by atoms with van der Waals surface area (Å²) in [7, 11) is -4.42. The number of allylic oxidation sites excluding steroid dienone is 12. The van der Waals surface area contributed by atoms with E-state index in [1.807, 2.05) is 0 Å². The lowest BCUT2D eigenvalue weighted by Gasteiger charge is -2.15. The van der Waals surface area contributed by atoms with Gasteiger partial charge in [0.15, 0.2) is 0 Å². The Morgan fingerprint density at radius 1 is 0.593 bits per heavy atom. The van der Waals surface area contributed by atoms with Crippen LogP contribution in [0.2, 0.25) is 0 Å². The van der Waals surface area contributed by atoms with Gasteiger partial charge < -0.3 is 20.1 Å². The number of rotatable bonds is 38. The average molecular weight is 778 g/mol. The number of carbonyl (C=O) groups is 2. The topological polar surface area (TPSA) is 131 Å². The van der Waals surface area contributed by atoms with Gasteiger partial charge in [0.1, 0.15) is 12.7 Å². The Kier molecular flexibility index (Phi) is 38.2. The number of carbonyl (C=O) groups excluding carboxylic acids is 2. The highest BCUT2D eigenvalue weighted by Crippen LogP contribution is 2.42. The molecule has 0 aliphatic rings. The summed E-state index contributed by atoms with van der Waals surface area (Å²) in [6.07, 6.45) is 48.4. The number of hydrogen-bond acceptors (Lipinski definition) is 7. The molecule has 0 aromatic carbocycles. The number of nitrogens with one attached hydrogen (secondary N) is 1. The van der Waals surface area contributed by atoms with Crippen molar-refractivity contribution in [1.82, 2.24) is 5.32 Å². The van der Waals surface area contributed by atoms with E-state index < -0.39 is 26.5 Å². The molecule has 0 aliphatic carbocycles. The first kappa shape index (κ1) is 51.5. The third-order valence-electron chi connectivity index (χ3n) is 8.35. The molecule has 1 amide bonds. The smallest absolute Gasteiger partial charge is 0.463 e. The first-order chi connectivity index (χ1) is 26.3. The number of phosphoric acid groups is 1. The fourth-order valence-corrected chi connectivity index (χ4v) is 5.99. The largest absolute Gasteiger partial charge is 0.472 e. The minimum absolute atomic E-state index is 0.0722. The molecule has 0 rings (SSSR count). The molecule has 0 spiro atoms. The van der Waals surface area contributed by atoms with E-state index in [1.165, 1.54) is 32.1 Å². The molecule has 0 aliphatic heterocycles. The van der Waals surface area contributed by atoms with Gasteiger partial charge in [-0.25, -0.2) is 4.57 Å². The van der Waals surface area contributed by atoms with Crippen LogP contribution in [-0.2, 0) is 27.9 Å². The molecule has 0 aromatic heterocycles. The van der Waals surface area contributed by atoms with Crippen molar-refractivity contribution < 1.29 is 37.9 Å². The Hall–Kier alpha value is -2.55. The van der Waals surface area contributed by atoms with Crippen molar-refractivity contribution in [1.29, 1.82) is 0 Å². The van der Waals surface area contributed by atoms with E-state index in [1.54, 1.807) is 0 Å². The van der Waals surface area contributed by atoms with Gasteiger partial charge in [-0.3, -0.25) is 18.6 Å². The maximum atomic E-state index is 12.1. The van der Waals surface area contributed by atoms with E-state index in [0.29, 0.717) is 6.42 Å². The number of unbranched alkanes of at least 4 members (excludes halogenated alkanes) is 13. The van der Waals surface area contributed by atoms with Crippen molar-refractivity contribution in [2.45, 2.75) is 168 Å². The van der Waals surface area contributed by atoms with Crippen LogP contribution in [0.25, 0.3) is 0 Å². The third kappa shape index (κ3) is 40.6. The molecular formula is C44H76NO8P. The lowest BCUT2D eigenvalue weighted by atomic mass is 10.1. The zero-order valence-electron chi connectivity index (χ0n) is 33.9. The lowest BCUT2D eigenvalue weighted by molar-refractivity contribution is -0.147. The van der Waals surface area contributed by atoms with E-state index >= 15 is 0 Å². The van der Waals surface area contributed by atoms with Crippen LogP contribution in [0.3, 0.4) is 0 Å². The minimum atomic E-state index is -4.42. The summed E-state index contributed by atoms with van der Waals surface area (Å²) in [4.78, 5) is 33.8. The molecule has 3 N–H and O–H groups in total. The fourth-order valence-electron chi connectivity index (χ4n) is 5.23. The van der Waals surface area contributed by atoms with Gasteiger partial charge in [0.2, 0.25) is 5.91 Å². The lowest BCUT2D eigenvalue weighted by Crippen LogP contribution is -2.27. The summed E-state index contributed by atoms with van der Waals surface area (Å²) in [5, 5.41) is 12.7. The number of ether oxygens (including phenoxy) is 1. The van der Waals surface area contributed by atoms with Gasteiger partial charge in [-0.05, 0) is 77.0 Å². The minimum Gasteiger partial charge on any atom is -0.463 e. The predicted octanol–water partition coefficient (Wildman–Crippen LogP) is 11.5. The van der Waals surface area contributed by atoms with Crippen LogP contribution in [0.1, 0.15) is 162 Å². The van der Waals surface area contributed by atoms with E-state index in [4.69, 9.17) is 13.8 Å². The highest BCUT2D eigenvalue weighted by molar-refractivity contribution is 7.47. The highest BCUT2D eigenvalue weighted by Gasteiger charge is 2.23. The van der Waals surface area contributed by atoms with Crippen LogP contribution in [0.5, 0.6) is 0 Å². The second-order valence-corrected chi connectivity index (χ2v) is 15.0. The van der Waals surface area contributed by atoms with Crippen molar-refractivity contribution in [2.24, 2.45) is 0 Å². The molecule has 2 atom stereocenters. The Morgan fingerprint density at radius 2 is 1.06 bits per heavy atom. The van der Waals surface area contributed by atoms with E-state index in [2.05, 4.69) is 92.1 Å². The molecular weight excluding hydrogens is 701 g/mol. The SMILES string of the molecule is CC/C=C\C/C=C\C/C=C\C/C=C\C/C=C\CCCCCCCCCC(=O)OCC(O)COP(=O)(O)OCCNC(=O)CCCCCCC/C=C\CCC. The van der Waals surface area contributed by atoms with E-state index in [0.717, 1.165) is 103 Å². The Balaban J connectivity index is 3.65. The van der Waals surface area contributed by atoms with Gasteiger partial charge >= 0.3 is 13.8 Å². The van der Waals surface area contributed by atoms with Gasteiger partial charge in [-0.2, -0.15) is 0 Å². The summed E-state index contributed by atoms with van der Waals surface area (Å²) < 4.78 is 26.8. The molecule has 0 radical (unpaired) electrons. The molecule has 0 aromatic rings. The molecule has 0 fully saturated rings. The van der Waals surface area contributed by atoms with E-state index in [9.17, 15) is 24.2 Å². The fraction of sp³-hybridized carbons (Fsp3) is 0.682. The van der Waals surface area contributed by atoms with Crippen LogP contribution in [0.4, 0.5) is 0 Å². The monoisotopic (exact) mass is 778 g/mol. The number of phosphoric ester groups is 1. The van der Waals surface area contributed by atoms with Gasteiger partial charge in [-0.1, -0.05) is 145 Å². The summed E-state index contributed by atoms with van der Waals surface area (Å²) in [6, 6.07) is 0. The number of aliphatic hydroxyl groups excluding tert-OH is 1. The molecule has 0 bridgehead atoms. The Labute approximate surface area is 329 Å². The standard InChI is InChI=1S/C44H76NO8P/c1-3-5-7-9-11-13-15-16-17-18-19-20-21-22-23-24-25-26-27-29-31-33-35-37-44(48)51-40-42(46)41-53-54(49,50)52-39-38-45-43(47)36-34-32-30-28-14-12-10-8-6-4-2/h5,7-8,10-11,13,16-17,19-20,22-23,42,46H,3-4,6,9,12,14-15,18,21,24-41H2,1-2H3,(H,45,47)(H,49,50)/b7-5-,10-8-,13-11-,17-16-,20-19-,23-22-. The number of esters is 1. The zero-order valence-corrected chi connectivity index (χ0v) is 34.8. The quantitative estimate of drug-likeness (QED) is 0.0244. The molecule has 9 nitrogen and oxygen atoms in total. The maximum absolute atomic E-state index is 12.1. The Bertz CT molecular complexity index is 1110. The first-order valence-corrected chi connectivity index (χ1v) is 22.4. The number of amides is 1. The van der Waals surface area contributed by atoms with Crippen LogP contribution in [0.15, 0.2) is 72.9 Å². The van der Waals surface area contributed by atoms with Crippen molar-refractivity contribution >= 4 is 19.7 Å². The molecule has 0 heterocycles. The van der Waals surface area contributed by atoms with Gasteiger partial charge in [0.25, 0.3) is 0 Å². The molecule has 0 saturated carbocycles. The molecule has 310 valence electrons. The van der Waals surface area contributed by atoms with Crippen molar-refractivity contribution in [3.8, 4) is 0 Å². The van der Waals surface area contributed by atoms with Gasteiger partial charge in [0, 0.05) is 19.4 Å².